The summed E-state index contributed by atoms with van der Waals surface area (Å²) in [6.07, 6.45) is 0.913. The van der Waals surface area contributed by atoms with E-state index in [0.717, 1.165) is 18.5 Å². The van der Waals surface area contributed by atoms with Gasteiger partial charge in [0.25, 0.3) is 0 Å². The molecule has 0 atom stereocenters. The van der Waals surface area contributed by atoms with Gasteiger partial charge in [-0.25, -0.2) is 0 Å². The number of benzene rings is 1. The van der Waals surface area contributed by atoms with Crippen LogP contribution in [0.15, 0.2) is 18.2 Å². The van der Waals surface area contributed by atoms with E-state index in [-0.39, 0.29) is 11.5 Å². The fourth-order valence-electron chi connectivity index (χ4n) is 1.12. The van der Waals surface area contributed by atoms with Crippen LogP contribution in [-0.2, 0) is 6.42 Å². The van der Waals surface area contributed by atoms with Gasteiger partial charge in [0.05, 0.1) is 20.6 Å². The lowest BCUT2D eigenvalue weighted by Crippen LogP contribution is -3.05. The minimum Gasteiger partial charge on any atom is -0.504 e. The molecular formula is C14H28NO2+. The summed E-state index contributed by atoms with van der Waals surface area (Å²) >= 11 is 0. The van der Waals surface area contributed by atoms with Crippen LogP contribution in [0.3, 0.4) is 0 Å². The van der Waals surface area contributed by atoms with Crippen LogP contribution in [0.5, 0.6) is 11.5 Å². The third kappa shape index (κ3) is 8.57. The van der Waals surface area contributed by atoms with E-state index in [2.05, 4.69) is 14.1 Å². The molecule has 3 nitrogen and oxygen atoms in total. The van der Waals surface area contributed by atoms with Crippen molar-refractivity contribution in [3.63, 3.8) is 0 Å². The predicted molar refractivity (Wildman–Crippen MR) is 73.8 cm³/mol. The summed E-state index contributed by atoms with van der Waals surface area (Å²) in [6, 6.07) is 4.96. The largest absolute Gasteiger partial charge is 0.504 e. The molecule has 0 spiro atoms. The number of nitrogens with one attached hydrogen (secondary N) is 1. The van der Waals surface area contributed by atoms with E-state index in [1.165, 1.54) is 11.0 Å². The van der Waals surface area contributed by atoms with E-state index in [1.807, 2.05) is 33.8 Å². The number of phenols is 2. The summed E-state index contributed by atoms with van der Waals surface area (Å²) in [7, 11) is 4.17. The van der Waals surface area contributed by atoms with E-state index >= 15 is 0 Å². The van der Waals surface area contributed by atoms with E-state index in [9.17, 15) is 5.11 Å². The fourth-order valence-corrected chi connectivity index (χ4v) is 1.12. The van der Waals surface area contributed by atoms with E-state index in [4.69, 9.17) is 5.11 Å². The zero-order valence-corrected chi connectivity index (χ0v) is 12.0. The molecule has 0 aliphatic carbocycles. The van der Waals surface area contributed by atoms with Gasteiger partial charge in [0.15, 0.2) is 11.5 Å². The molecule has 0 aromatic heterocycles. The SMILES string of the molecule is CC.CC.C[NH+](C)CCc1ccc(O)c(O)c1. The van der Waals surface area contributed by atoms with E-state index < -0.39 is 0 Å². The topological polar surface area (TPSA) is 44.9 Å². The number of hydrogen-bond donors (Lipinski definition) is 3. The zero-order chi connectivity index (χ0) is 13.8. The van der Waals surface area contributed by atoms with Gasteiger partial charge in [0, 0.05) is 6.42 Å². The molecule has 3 N–H and O–H groups in total. The van der Waals surface area contributed by atoms with Crippen molar-refractivity contribution in [1.82, 2.24) is 0 Å². The molecule has 100 valence electrons. The Kier molecular flexibility index (Phi) is 12.0. The summed E-state index contributed by atoms with van der Waals surface area (Å²) in [4.78, 5) is 1.37. The Labute approximate surface area is 106 Å². The van der Waals surface area contributed by atoms with Crippen LogP contribution in [0.2, 0.25) is 0 Å². The van der Waals surface area contributed by atoms with Gasteiger partial charge in [-0.05, 0) is 17.7 Å². The second-order valence-corrected chi connectivity index (χ2v) is 3.53. The molecule has 1 rings (SSSR count). The highest BCUT2D eigenvalue weighted by Gasteiger charge is 2.01. The van der Waals surface area contributed by atoms with Gasteiger partial charge in [0.2, 0.25) is 0 Å². The van der Waals surface area contributed by atoms with Gasteiger partial charge in [-0.15, -0.1) is 0 Å². The molecule has 0 radical (unpaired) electrons. The Hall–Kier alpha value is -1.22. The molecule has 0 fully saturated rings. The van der Waals surface area contributed by atoms with Gasteiger partial charge in [0.1, 0.15) is 0 Å². The first kappa shape index (κ1) is 18.2. The Morgan fingerprint density at radius 1 is 0.941 bits per heavy atom. The van der Waals surface area contributed by atoms with Crippen LogP contribution < -0.4 is 4.90 Å². The van der Waals surface area contributed by atoms with Crippen molar-refractivity contribution in [1.29, 1.82) is 0 Å². The molecule has 1 aromatic carbocycles. The molecule has 0 bridgehead atoms. The lowest BCUT2D eigenvalue weighted by atomic mass is 10.1. The van der Waals surface area contributed by atoms with Crippen molar-refractivity contribution in [2.24, 2.45) is 0 Å². The lowest BCUT2D eigenvalue weighted by Gasteiger charge is -2.07. The molecular weight excluding hydrogens is 214 g/mol. The summed E-state index contributed by atoms with van der Waals surface area (Å²) in [5, 5.41) is 18.3. The molecule has 0 amide bonds. The average molecular weight is 242 g/mol. The maximum Gasteiger partial charge on any atom is 0.157 e. The quantitative estimate of drug-likeness (QED) is 0.708. The van der Waals surface area contributed by atoms with Crippen molar-refractivity contribution in [2.75, 3.05) is 20.6 Å². The number of phenolic OH excluding ortho intramolecular Hbond substituents is 2. The highest BCUT2D eigenvalue weighted by atomic mass is 16.3. The maximum atomic E-state index is 9.21. The number of rotatable bonds is 3. The Balaban J connectivity index is 0. The molecule has 0 aliphatic heterocycles. The maximum absolute atomic E-state index is 9.21. The molecule has 17 heavy (non-hydrogen) atoms. The molecule has 0 aliphatic rings. The number of quaternary nitrogens is 1. The standard InChI is InChI=1S/C10H15NO2.2C2H6/c1-11(2)6-5-8-3-4-9(12)10(13)7-8;2*1-2/h3-4,7,12-13H,5-6H2,1-2H3;2*1-2H3/p+1. The van der Waals surface area contributed by atoms with Crippen LogP contribution in [-0.4, -0.2) is 30.9 Å². The van der Waals surface area contributed by atoms with Gasteiger partial charge < -0.3 is 15.1 Å². The van der Waals surface area contributed by atoms with Gasteiger partial charge in [-0.3, -0.25) is 0 Å². The van der Waals surface area contributed by atoms with Crippen molar-refractivity contribution >= 4 is 0 Å². The van der Waals surface area contributed by atoms with Crippen LogP contribution in [0.25, 0.3) is 0 Å². The molecule has 0 saturated carbocycles. The third-order valence-corrected chi connectivity index (χ3v) is 1.95. The number of likely N-dealkylation sites (N-methyl/N-ethyl adjacent to an activating group) is 1. The van der Waals surface area contributed by atoms with Crippen LogP contribution in [0.4, 0.5) is 0 Å². The highest BCUT2D eigenvalue weighted by Crippen LogP contribution is 2.24. The molecule has 0 unspecified atom stereocenters. The molecule has 3 heteroatoms. The zero-order valence-electron chi connectivity index (χ0n) is 12.0. The predicted octanol–water partition coefficient (Wildman–Crippen LogP) is 1.84. The normalized spacial score (nSPS) is 8.88. The smallest absolute Gasteiger partial charge is 0.157 e. The summed E-state index contributed by atoms with van der Waals surface area (Å²) in [5.41, 5.74) is 1.05. The minimum absolute atomic E-state index is 0.0359. The lowest BCUT2D eigenvalue weighted by molar-refractivity contribution is -0.858. The highest BCUT2D eigenvalue weighted by molar-refractivity contribution is 5.40. The van der Waals surface area contributed by atoms with Crippen LogP contribution >= 0.6 is 0 Å². The minimum atomic E-state index is -0.0547. The average Bonchev–Trinajstić information content (AvgIpc) is 2.36. The molecule has 0 heterocycles. The van der Waals surface area contributed by atoms with Gasteiger partial charge in [-0.1, -0.05) is 33.8 Å². The number of aromatic hydroxyl groups is 2. The first-order valence-corrected chi connectivity index (χ1v) is 6.39. The summed E-state index contributed by atoms with van der Waals surface area (Å²) < 4.78 is 0. The van der Waals surface area contributed by atoms with Crippen molar-refractivity contribution in [3.05, 3.63) is 23.8 Å². The summed E-state index contributed by atoms with van der Waals surface area (Å²) in [5.74, 6) is -0.0905. The Morgan fingerprint density at radius 3 is 1.88 bits per heavy atom. The molecule has 0 saturated heterocycles. The van der Waals surface area contributed by atoms with Crippen molar-refractivity contribution in [2.45, 2.75) is 34.1 Å². The van der Waals surface area contributed by atoms with Crippen LogP contribution in [0.1, 0.15) is 33.3 Å². The Morgan fingerprint density at radius 2 is 1.47 bits per heavy atom. The molecule has 1 aromatic rings. The van der Waals surface area contributed by atoms with Crippen molar-refractivity contribution in [3.8, 4) is 11.5 Å². The van der Waals surface area contributed by atoms with Gasteiger partial charge >= 0.3 is 0 Å². The second-order valence-electron chi connectivity index (χ2n) is 3.53. The van der Waals surface area contributed by atoms with Crippen molar-refractivity contribution < 1.29 is 15.1 Å². The monoisotopic (exact) mass is 242 g/mol. The van der Waals surface area contributed by atoms with Gasteiger partial charge in [-0.2, -0.15) is 0 Å². The fraction of sp³-hybridized carbons (Fsp3) is 0.571. The third-order valence-electron chi connectivity index (χ3n) is 1.95. The van der Waals surface area contributed by atoms with E-state index in [1.54, 1.807) is 6.07 Å². The number of hydrogen-bond acceptors (Lipinski definition) is 2. The first-order chi connectivity index (χ1) is 8.09. The van der Waals surface area contributed by atoms with Crippen LogP contribution in [0, 0.1) is 0 Å². The first-order valence-electron chi connectivity index (χ1n) is 6.39. The Bertz CT molecular complexity index is 286. The summed E-state index contributed by atoms with van der Waals surface area (Å²) in [6.45, 7) is 9.02. The van der Waals surface area contributed by atoms with E-state index in [0.29, 0.717) is 0 Å². The second kappa shape index (κ2) is 11.3.